The van der Waals surface area contributed by atoms with Crippen molar-refractivity contribution in [1.29, 1.82) is 0 Å². The van der Waals surface area contributed by atoms with Gasteiger partial charge in [-0.3, -0.25) is 13.8 Å². The SMILES string of the molecule is COc1ccc(-c2cccc3nc(NC(=O)C4CC4)cn23)cc1-c1ccc(P(=O)(O)O)o1. The van der Waals surface area contributed by atoms with Crippen LogP contribution in [-0.4, -0.2) is 32.2 Å². The molecule has 1 fully saturated rings. The number of pyridine rings is 1. The molecule has 0 saturated heterocycles. The smallest absolute Gasteiger partial charge is 0.391 e. The van der Waals surface area contributed by atoms with Crippen LogP contribution in [0.5, 0.6) is 5.75 Å². The molecule has 1 aromatic carbocycles. The van der Waals surface area contributed by atoms with Crippen molar-refractivity contribution in [2.45, 2.75) is 12.8 Å². The fourth-order valence-electron chi connectivity index (χ4n) is 3.57. The number of carbonyl (C=O) groups excluding carboxylic acids is 1. The summed E-state index contributed by atoms with van der Waals surface area (Å²) in [6, 6.07) is 13.8. The van der Waals surface area contributed by atoms with E-state index in [9.17, 15) is 19.1 Å². The van der Waals surface area contributed by atoms with E-state index in [1.54, 1.807) is 12.3 Å². The van der Waals surface area contributed by atoms with Crippen LogP contribution in [0.4, 0.5) is 5.82 Å². The number of methoxy groups -OCH3 is 1. The Bertz CT molecular complexity index is 1380. The molecule has 4 aromatic rings. The van der Waals surface area contributed by atoms with Crippen molar-refractivity contribution in [2.24, 2.45) is 5.92 Å². The molecule has 0 bridgehead atoms. The first-order chi connectivity index (χ1) is 15.3. The van der Waals surface area contributed by atoms with E-state index in [0.29, 0.717) is 22.8 Å². The molecule has 1 aliphatic carbocycles. The molecule has 0 spiro atoms. The number of aromatic nitrogens is 2. The molecule has 5 rings (SSSR count). The van der Waals surface area contributed by atoms with Gasteiger partial charge in [-0.15, -0.1) is 0 Å². The maximum atomic E-state index is 12.1. The molecule has 3 heterocycles. The number of amides is 1. The molecule has 3 N–H and O–H groups in total. The number of imidazole rings is 1. The molecule has 0 unspecified atom stereocenters. The monoisotopic (exact) mass is 453 g/mol. The summed E-state index contributed by atoms with van der Waals surface area (Å²) in [5.74, 6) is 1.32. The molecule has 0 radical (unpaired) electrons. The van der Waals surface area contributed by atoms with Gasteiger partial charge in [0.15, 0.2) is 5.82 Å². The highest BCUT2D eigenvalue weighted by Crippen LogP contribution is 2.39. The zero-order valence-corrected chi connectivity index (χ0v) is 18.0. The molecule has 1 amide bonds. The van der Waals surface area contributed by atoms with Crippen molar-refractivity contribution >= 4 is 30.5 Å². The van der Waals surface area contributed by atoms with Crippen molar-refractivity contribution in [3.05, 3.63) is 54.7 Å². The Morgan fingerprint density at radius 3 is 2.72 bits per heavy atom. The minimum atomic E-state index is -4.51. The average Bonchev–Trinajstić information content (AvgIpc) is 3.34. The van der Waals surface area contributed by atoms with E-state index in [-0.39, 0.29) is 17.6 Å². The summed E-state index contributed by atoms with van der Waals surface area (Å²) >= 11 is 0. The van der Waals surface area contributed by atoms with E-state index in [2.05, 4.69) is 10.3 Å². The van der Waals surface area contributed by atoms with Crippen LogP contribution in [0.25, 0.3) is 28.2 Å². The third-order valence-corrected chi connectivity index (χ3v) is 6.15. The molecule has 1 saturated carbocycles. The standard InChI is InChI=1S/C22H20N3O6P/c1-30-17-8-7-14(11-15(17)18-9-10-21(31-18)32(27,28)29)16-3-2-4-20-23-19(12-25(16)20)24-22(26)13-5-6-13/h2-4,7-13H,5-6H2,1H3,(H,24,26)(H2,27,28,29). The van der Waals surface area contributed by atoms with Crippen molar-refractivity contribution in [3.63, 3.8) is 0 Å². The van der Waals surface area contributed by atoms with Crippen LogP contribution in [0.3, 0.4) is 0 Å². The number of anilines is 1. The number of carbonyl (C=O) groups is 1. The maximum Gasteiger partial charge on any atom is 0.391 e. The number of hydrogen-bond donors (Lipinski definition) is 3. The Hall–Kier alpha value is -3.39. The molecule has 0 atom stereocenters. The molecule has 0 aliphatic heterocycles. The van der Waals surface area contributed by atoms with Crippen LogP contribution in [0.15, 0.2) is 59.1 Å². The van der Waals surface area contributed by atoms with Crippen molar-refractivity contribution in [2.75, 3.05) is 12.4 Å². The predicted octanol–water partition coefficient (Wildman–Crippen LogP) is 3.42. The number of nitrogens with one attached hydrogen (secondary N) is 1. The van der Waals surface area contributed by atoms with E-state index in [1.807, 2.05) is 34.7 Å². The van der Waals surface area contributed by atoms with E-state index in [0.717, 1.165) is 24.1 Å². The van der Waals surface area contributed by atoms with Gasteiger partial charge >= 0.3 is 7.60 Å². The molecular formula is C22H20N3O6P. The highest BCUT2D eigenvalue weighted by atomic mass is 31.2. The molecule has 9 nitrogen and oxygen atoms in total. The average molecular weight is 453 g/mol. The lowest BCUT2D eigenvalue weighted by atomic mass is 10.0. The van der Waals surface area contributed by atoms with Gasteiger partial charge in [-0.25, -0.2) is 4.98 Å². The van der Waals surface area contributed by atoms with Crippen molar-refractivity contribution in [3.8, 4) is 28.3 Å². The van der Waals surface area contributed by atoms with Crippen LogP contribution >= 0.6 is 7.60 Å². The molecule has 1 aliphatic rings. The van der Waals surface area contributed by atoms with Gasteiger partial charge in [-0.05, 0) is 60.9 Å². The van der Waals surface area contributed by atoms with Gasteiger partial charge in [0.2, 0.25) is 11.4 Å². The first kappa shape index (κ1) is 20.5. The van der Waals surface area contributed by atoms with Gasteiger partial charge in [0.25, 0.3) is 0 Å². The van der Waals surface area contributed by atoms with Crippen LogP contribution < -0.4 is 15.6 Å². The number of nitrogens with zero attached hydrogens (tertiary/aromatic N) is 2. The van der Waals surface area contributed by atoms with Gasteiger partial charge in [-0.2, -0.15) is 0 Å². The summed E-state index contributed by atoms with van der Waals surface area (Å²) in [6.45, 7) is 0. The number of furan rings is 1. The van der Waals surface area contributed by atoms with E-state index in [1.165, 1.54) is 19.2 Å². The maximum absolute atomic E-state index is 12.1. The fraction of sp³-hybridized carbons (Fsp3) is 0.182. The summed E-state index contributed by atoms with van der Waals surface area (Å²) in [5.41, 5.74) is 2.43. The highest BCUT2D eigenvalue weighted by molar-refractivity contribution is 7.59. The second kappa shape index (κ2) is 7.63. The molecule has 10 heteroatoms. The number of ether oxygens (including phenoxy) is 1. The fourth-order valence-corrected chi connectivity index (χ4v) is 4.05. The first-order valence-electron chi connectivity index (χ1n) is 9.97. The predicted molar refractivity (Wildman–Crippen MR) is 118 cm³/mol. The quantitative estimate of drug-likeness (QED) is 0.382. The first-order valence-corrected chi connectivity index (χ1v) is 11.6. The summed E-state index contributed by atoms with van der Waals surface area (Å²) in [7, 11) is -3.00. The van der Waals surface area contributed by atoms with E-state index >= 15 is 0 Å². The zero-order valence-electron chi connectivity index (χ0n) is 17.1. The molecule has 164 valence electrons. The Labute approximate surface area is 182 Å². The third kappa shape index (κ3) is 3.82. The van der Waals surface area contributed by atoms with Crippen LogP contribution in [0.2, 0.25) is 0 Å². The van der Waals surface area contributed by atoms with E-state index in [4.69, 9.17) is 9.15 Å². The topological polar surface area (TPSA) is 126 Å². The number of fused-ring (bicyclic) bond motifs is 1. The summed E-state index contributed by atoms with van der Waals surface area (Å²) in [5, 5.41) is 2.86. The van der Waals surface area contributed by atoms with Crippen LogP contribution in [0, 0.1) is 5.92 Å². The second-order valence-electron chi connectivity index (χ2n) is 7.63. The lowest BCUT2D eigenvalue weighted by Gasteiger charge is -2.11. The van der Waals surface area contributed by atoms with Crippen molar-refractivity contribution in [1.82, 2.24) is 9.38 Å². The van der Waals surface area contributed by atoms with Gasteiger partial charge in [0.05, 0.1) is 24.6 Å². The Morgan fingerprint density at radius 2 is 2.03 bits per heavy atom. The Morgan fingerprint density at radius 1 is 1.22 bits per heavy atom. The van der Waals surface area contributed by atoms with E-state index < -0.39 is 13.1 Å². The highest BCUT2D eigenvalue weighted by Gasteiger charge is 2.30. The summed E-state index contributed by atoms with van der Waals surface area (Å²) in [4.78, 5) is 35.4. The molecule has 3 aromatic heterocycles. The van der Waals surface area contributed by atoms with Gasteiger partial charge < -0.3 is 24.3 Å². The largest absolute Gasteiger partial charge is 0.496 e. The normalized spacial score (nSPS) is 14.0. The van der Waals surface area contributed by atoms with Gasteiger partial charge in [-0.1, -0.05) is 6.07 Å². The van der Waals surface area contributed by atoms with Crippen LogP contribution in [0.1, 0.15) is 12.8 Å². The third-order valence-electron chi connectivity index (χ3n) is 5.33. The molecular weight excluding hydrogens is 433 g/mol. The second-order valence-corrected chi connectivity index (χ2v) is 9.15. The minimum Gasteiger partial charge on any atom is -0.496 e. The summed E-state index contributed by atoms with van der Waals surface area (Å²) in [6.07, 6.45) is 3.60. The lowest BCUT2D eigenvalue weighted by molar-refractivity contribution is -0.117. The Balaban J connectivity index is 1.56. The lowest BCUT2D eigenvalue weighted by Crippen LogP contribution is -2.13. The summed E-state index contributed by atoms with van der Waals surface area (Å²) < 4.78 is 24.2. The molecule has 32 heavy (non-hydrogen) atoms. The minimum absolute atomic E-state index is 0.0135. The number of rotatable bonds is 6. The number of hydrogen-bond acceptors (Lipinski definition) is 5. The zero-order chi connectivity index (χ0) is 22.5. The van der Waals surface area contributed by atoms with Crippen LogP contribution in [-0.2, 0) is 9.36 Å². The Kier molecular flexibility index (Phi) is 4.89. The number of benzene rings is 1. The van der Waals surface area contributed by atoms with Gasteiger partial charge in [0.1, 0.15) is 17.2 Å². The van der Waals surface area contributed by atoms with Crippen molar-refractivity contribution < 1.29 is 28.3 Å². The van der Waals surface area contributed by atoms with Gasteiger partial charge in [0, 0.05) is 5.92 Å².